The molecule has 2 heterocycles. The lowest BCUT2D eigenvalue weighted by Crippen LogP contribution is -2.00. The van der Waals surface area contributed by atoms with E-state index in [1.807, 2.05) is 30.3 Å². The van der Waals surface area contributed by atoms with Gasteiger partial charge < -0.3 is 18.6 Å². The highest BCUT2D eigenvalue weighted by molar-refractivity contribution is 6.05. The number of nitrogens with one attached hydrogen (secondary N) is 1. The van der Waals surface area contributed by atoms with E-state index in [1.165, 1.54) is 6.33 Å². The molecule has 0 saturated carbocycles. The maximum atomic E-state index is 5.88. The van der Waals surface area contributed by atoms with Crippen LogP contribution in [-0.4, -0.2) is 37.5 Å². The molecule has 4 rings (SSSR count). The molecule has 28 heavy (non-hydrogen) atoms. The fourth-order valence-electron chi connectivity index (χ4n) is 2.99. The van der Waals surface area contributed by atoms with Crippen LogP contribution in [0.25, 0.3) is 22.1 Å². The predicted octanol–water partition coefficient (Wildman–Crippen LogP) is 3.85. The number of nitrogens with zero attached hydrogens (tertiary/aromatic N) is 3. The summed E-state index contributed by atoms with van der Waals surface area (Å²) in [5.74, 6) is 2.06. The van der Waals surface area contributed by atoms with Crippen molar-refractivity contribution in [1.29, 1.82) is 0 Å². The fraction of sp³-hybridized carbons (Fsp3) is 0.150. The number of anilines is 1. The van der Waals surface area contributed by atoms with Crippen molar-refractivity contribution in [2.45, 2.75) is 0 Å². The number of furan rings is 1. The van der Waals surface area contributed by atoms with Crippen molar-refractivity contribution >= 4 is 34.1 Å². The molecule has 142 valence electrons. The van der Waals surface area contributed by atoms with Crippen LogP contribution in [-0.2, 0) is 0 Å². The third-order valence-electron chi connectivity index (χ3n) is 4.27. The monoisotopic (exact) mass is 378 g/mol. The normalized spacial score (nSPS) is 11.2. The van der Waals surface area contributed by atoms with Gasteiger partial charge in [-0.05, 0) is 24.3 Å². The Bertz CT molecular complexity index is 1170. The van der Waals surface area contributed by atoms with Gasteiger partial charge in [-0.3, -0.25) is 5.43 Å². The van der Waals surface area contributed by atoms with E-state index in [2.05, 4.69) is 20.5 Å². The van der Waals surface area contributed by atoms with Gasteiger partial charge >= 0.3 is 0 Å². The Hall–Kier alpha value is -3.81. The molecule has 1 N–H and O–H groups in total. The Morgan fingerprint density at radius 2 is 1.79 bits per heavy atom. The number of para-hydroxylation sites is 1. The number of methoxy groups -OCH3 is 3. The van der Waals surface area contributed by atoms with E-state index in [9.17, 15) is 0 Å². The number of fused-ring (bicyclic) bond motifs is 3. The Labute approximate surface area is 160 Å². The summed E-state index contributed by atoms with van der Waals surface area (Å²) in [5.41, 5.74) is 5.63. The van der Waals surface area contributed by atoms with Crippen LogP contribution < -0.4 is 19.6 Å². The van der Waals surface area contributed by atoms with Crippen LogP contribution in [0, 0.1) is 0 Å². The van der Waals surface area contributed by atoms with Crippen LogP contribution in [0.5, 0.6) is 17.2 Å². The Balaban J connectivity index is 1.67. The minimum Gasteiger partial charge on any atom is -0.493 e. The van der Waals surface area contributed by atoms with Gasteiger partial charge in [0.1, 0.15) is 17.4 Å². The average molecular weight is 378 g/mol. The zero-order valence-corrected chi connectivity index (χ0v) is 15.6. The van der Waals surface area contributed by atoms with Crippen molar-refractivity contribution in [1.82, 2.24) is 9.97 Å². The molecular weight excluding hydrogens is 360 g/mol. The van der Waals surface area contributed by atoms with Gasteiger partial charge in [-0.15, -0.1) is 0 Å². The maximum absolute atomic E-state index is 5.88. The number of aromatic nitrogens is 2. The average Bonchev–Trinajstić information content (AvgIpc) is 3.12. The maximum Gasteiger partial charge on any atom is 0.203 e. The van der Waals surface area contributed by atoms with E-state index in [0.29, 0.717) is 34.2 Å². The second kappa shape index (κ2) is 7.43. The van der Waals surface area contributed by atoms with Crippen molar-refractivity contribution in [3.05, 3.63) is 48.3 Å². The lowest BCUT2D eigenvalue weighted by molar-refractivity contribution is 0.324. The van der Waals surface area contributed by atoms with E-state index in [-0.39, 0.29) is 0 Å². The summed E-state index contributed by atoms with van der Waals surface area (Å²) >= 11 is 0. The van der Waals surface area contributed by atoms with Gasteiger partial charge in [-0.25, -0.2) is 9.97 Å². The molecule has 0 fully saturated rings. The zero-order chi connectivity index (χ0) is 19.5. The first-order chi connectivity index (χ1) is 13.8. The van der Waals surface area contributed by atoms with Gasteiger partial charge in [0.25, 0.3) is 0 Å². The van der Waals surface area contributed by atoms with Crippen molar-refractivity contribution < 1.29 is 18.6 Å². The topological polar surface area (TPSA) is 91.0 Å². The summed E-state index contributed by atoms with van der Waals surface area (Å²) in [5, 5.41) is 5.19. The molecule has 0 atom stereocenters. The van der Waals surface area contributed by atoms with Crippen LogP contribution in [0.2, 0.25) is 0 Å². The number of rotatable bonds is 6. The molecule has 0 aliphatic rings. The Morgan fingerprint density at radius 3 is 2.57 bits per heavy atom. The molecule has 2 aromatic heterocycles. The van der Waals surface area contributed by atoms with Crippen molar-refractivity contribution in [3.63, 3.8) is 0 Å². The molecule has 0 amide bonds. The first-order valence-corrected chi connectivity index (χ1v) is 8.47. The van der Waals surface area contributed by atoms with Gasteiger partial charge in [-0.1, -0.05) is 12.1 Å². The number of hydrogen-bond donors (Lipinski definition) is 1. The second-order valence-electron chi connectivity index (χ2n) is 5.79. The quantitative estimate of drug-likeness (QED) is 0.402. The smallest absolute Gasteiger partial charge is 0.203 e. The number of hydrogen-bond acceptors (Lipinski definition) is 8. The van der Waals surface area contributed by atoms with Crippen molar-refractivity contribution in [2.75, 3.05) is 26.8 Å². The Morgan fingerprint density at radius 1 is 0.964 bits per heavy atom. The Kier molecular flexibility index (Phi) is 4.67. The molecule has 0 aliphatic carbocycles. The lowest BCUT2D eigenvalue weighted by atomic mass is 10.2. The highest BCUT2D eigenvalue weighted by atomic mass is 16.5. The largest absolute Gasteiger partial charge is 0.493 e. The van der Waals surface area contributed by atoms with Crippen LogP contribution in [0.15, 0.2) is 52.2 Å². The summed E-state index contributed by atoms with van der Waals surface area (Å²) in [6.07, 6.45) is 3.08. The van der Waals surface area contributed by atoms with Gasteiger partial charge in [0.05, 0.1) is 27.5 Å². The SMILES string of the molecule is COc1ccc(/C=N\Nc2ncnc3c2oc2ccccc23)c(OC)c1OC. The van der Waals surface area contributed by atoms with E-state index in [4.69, 9.17) is 18.6 Å². The predicted molar refractivity (Wildman–Crippen MR) is 107 cm³/mol. The summed E-state index contributed by atoms with van der Waals surface area (Å²) in [6.45, 7) is 0. The van der Waals surface area contributed by atoms with E-state index >= 15 is 0 Å². The summed E-state index contributed by atoms with van der Waals surface area (Å²) in [7, 11) is 4.68. The standard InChI is InChI=1S/C20H18N4O4/c1-25-15-9-8-12(17(26-2)18(15)27-3)10-23-24-20-19-16(21-11-22-20)13-6-4-5-7-14(13)28-19/h4-11H,1-3H3,(H,21,22,24)/b23-10-. The molecule has 0 spiro atoms. The minimum atomic E-state index is 0.469. The fourth-order valence-corrected chi connectivity index (χ4v) is 2.99. The third-order valence-corrected chi connectivity index (χ3v) is 4.27. The molecule has 8 nitrogen and oxygen atoms in total. The van der Waals surface area contributed by atoms with Crippen LogP contribution >= 0.6 is 0 Å². The number of hydrazone groups is 1. The minimum absolute atomic E-state index is 0.469. The summed E-state index contributed by atoms with van der Waals surface area (Å²) in [4.78, 5) is 8.55. The first kappa shape index (κ1) is 17.6. The van der Waals surface area contributed by atoms with Crippen LogP contribution in [0.3, 0.4) is 0 Å². The molecule has 0 unspecified atom stereocenters. The van der Waals surface area contributed by atoms with Crippen molar-refractivity contribution in [3.8, 4) is 17.2 Å². The molecule has 0 bridgehead atoms. The molecule has 8 heteroatoms. The van der Waals surface area contributed by atoms with Crippen molar-refractivity contribution in [2.24, 2.45) is 5.10 Å². The molecule has 2 aromatic carbocycles. The molecule has 4 aromatic rings. The van der Waals surface area contributed by atoms with Gasteiger partial charge in [0, 0.05) is 10.9 Å². The van der Waals surface area contributed by atoms with Crippen LogP contribution in [0.1, 0.15) is 5.56 Å². The molecule has 0 saturated heterocycles. The van der Waals surface area contributed by atoms with Crippen LogP contribution in [0.4, 0.5) is 5.82 Å². The number of ether oxygens (including phenoxy) is 3. The number of benzene rings is 2. The highest BCUT2D eigenvalue weighted by Crippen LogP contribution is 2.39. The highest BCUT2D eigenvalue weighted by Gasteiger charge is 2.15. The van der Waals surface area contributed by atoms with Gasteiger partial charge in [0.2, 0.25) is 5.75 Å². The van der Waals surface area contributed by atoms with Gasteiger partial charge in [-0.2, -0.15) is 5.10 Å². The molecule has 0 radical (unpaired) electrons. The van der Waals surface area contributed by atoms with Gasteiger partial charge in [0.15, 0.2) is 22.9 Å². The molecular formula is C20H18N4O4. The first-order valence-electron chi connectivity index (χ1n) is 8.47. The van der Waals surface area contributed by atoms with E-state index in [1.54, 1.807) is 33.6 Å². The summed E-state index contributed by atoms with van der Waals surface area (Å²) in [6, 6.07) is 11.3. The molecule has 0 aliphatic heterocycles. The second-order valence-corrected chi connectivity index (χ2v) is 5.79. The van der Waals surface area contributed by atoms with E-state index < -0.39 is 0 Å². The van der Waals surface area contributed by atoms with E-state index in [0.717, 1.165) is 16.5 Å². The lowest BCUT2D eigenvalue weighted by Gasteiger charge is -2.13. The summed E-state index contributed by atoms with van der Waals surface area (Å²) < 4.78 is 22.0. The zero-order valence-electron chi connectivity index (χ0n) is 15.6. The third kappa shape index (κ3) is 2.94.